The van der Waals surface area contributed by atoms with Crippen LogP contribution in [0.4, 0.5) is 22.7 Å². The topological polar surface area (TPSA) is 59.2 Å². The van der Waals surface area contributed by atoms with Gasteiger partial charge in [0.2, 0.25) is 0 Å². The minimum atomic E-state index is 0. The monoisotopic (exact) mass is 747 g/mol. The second-order valence-corrected chi connectivity index (χ2v) is 14.8. The van der Waals surface area contributed by atoms with E-state index in [1.54, 1.807) is 18.6 Å². The van der Waals surface area contributed by atoms with E-state index in [1.807, 2.05) is 18.2 Å². The van der Waals surface area contributed by atoms with E-state index in [0.717, 1.165) is 16.4 Å². The molecule has 0 saturated carbocycles. The molecule has 0 fully saturated rings. The predicted molar refractivity (Wildman–Crippen MR) is 218 cm³/mol. The first-order valence-electron chi connectivity index (χ1n) is 18.5. The Morgan fingerprint density at radius 2 is 1.08 bits per heavy atom. The summed E-state index contributed by atoms with van der Waals surface area (Å²) in [5.74, 6) is 2.41. The van der Waals surface area contributed by atoms with Crippen molar-refractivity contribution >= 4 is 44.6 Å². The number of hydrogen-bond acceptors (Lipinski definition) is 5. The van der Waals surface area contributed by atoms with Crippen molar-refractivity contribution in [2.75, 3.05) is 9.80 Å². The molecule has 1 aliphatic heterocycles. The van der Waals surface area contributed by atoms with Crippen LogP contribution in [0.5, 0.6) is 0 Å². The van der Waals surface area contributed by atoms with Gasteiger partial charge in [0.25, 0.3) is 0 Å². The molecule has 8 rings (SSSR count). The first-order chi connectivity index (χ1) is 25.1. The summed E-state index contributed by atoms with van der Waals surface area (Å²) in [5.41, 5.74) is 13.3. The molecular weight excluding hydrogens is 700 g/mol. The molecule has 273 valence electrons. The Hall–Kier alpha value is -4.97. The summed E-state index contributed by atoms with van der Waals surface area (Å²) in [6.45, 7) is 20.7. The number of hydrogen-bond donors (Lipinski definition) is 0. The van der Waals surface area contributed by atoms with Gasteiger partial charge in [-0.3, -0.25) is 9.97 Å². The number of rotatable bonds is 7. The van der Waals surface area contributed by atoms with E-state index in [-0.39, 0.29) is 17.1 Å². The van der Waals surface area contributed by atoms with Crippen molar-refractivity contribution in [2.45, 2.75) is 79.1 Å². The molecule has 7 heteroatoms. The Morgan fingerprint density at radius 3 is 1.57 bits per heavy atom. The van der Waals surface area contributed by atoms with Crippen molar-refractivity contribution in [3.8, 4) is 11.5 Å². The Kier molecular flexibility index (Phi) is 11.4. The summed E-state index contributed by atoms with van der Waals surface area (Å²) in [4.78, 5) is 22.3. The summed E-state index contributed by atoms with van der Waals surface area (Å²) >= 11 is 0. The number of imidazole rings is 1. The van der Waals surface area contributed by atoms with Crippen LogP contribution in [-0.2, 0) is 17.1 Å². The Labute approximate surface area is 325 Å². The van der Waals surface area contributed by atoms with E-state index in [1.165, 1.54) is 50.4 Å². The van der Waals surface area contributed by atoms with Crippen LogP contribution < -0.4 is 14.8 Å². The van der Waals surface area contributed by atoms with Gasteiger partial charge in [0.05, 0.1) is 11.9 Å². The Bertz CT molecular complexity index is 2180. The molecule has 7 aromatic rings. The number of fused-ring (bicyclic) bond motifs is 4. The van der Waals surface area contributed by atoms with E-state index in [4.69, 9.17) is 0 Å². The van der Waals surface area contributed by atoms with Gasteiger partial charge in [0.1, 0.15) is 0 Å². The largest absolute Gasteiger partial charge is 2.00 e. The molecular formula is C46H48CuN6. The molecule has 5 aromatic carbocycles. The van der Waals surface area contributed by atoms with E-state index in [2.05, 4.69) is 171 Å². The molecule has 0 atom stereocenters. The van der Waals surface area contributed by atoms with Crippen molar-refractivity contribution in [1.29, 1.82) is 0 Å². The van der Waals surface area contributed by atoms with Gasteiger partial charge in [-0.15, -0.1) is 6.67 Å². The fourth-order valence-corrected chi connectivity index (χ4v) is 7.27. The molecule has 1 radical (unpaired) electrons. The van der Waals surface area contributed by atoms with Gasteiger partial charge in [-0.05, 0) is 85.7 Å². The molecule has 0 N–H and O–H groups in total. The predicted octanol–water partition coefficient (Wildman–Crippen LogP) is 12.4. The zero-order chi connectivity index (χ0) is 36.5. The van der Waals surface area contributed by atoms with Gasteiger partial charge in [-0.1, -0.05) is 140 Å². The second-order valence-electron chi connectivity index (χ2n) is 14.8. The zero-order valence-electron chi connectivity index (χ0n) is 31.8. The maximum atomic E-state index is 4.60. The Balaban J connectivity index is 0.000000203. The maximum absolute atomic E-state index is 4.60. The maximum Gasteiger partial charge on any atom is 2.00 e. The van der Waals surface area contributed by atoms with E-state index >= 15 is 0 Å². The molecule has 0 bridgehead atoms. The smallest absolute Gasteiger partial charge is 0.473 e. The number of aromatic nitrogens is 4. The van der Waals surface area contributed by atoms with Crippen LogP contribution in [0.25, 0.3) is 33.3 Å². The van der Waals surface area contributed by atoms with E-state index < -0.39 is 0 Å². The molecule has 3 heterocycles. The van der Waals surface area contributed by atoms with Gasteiger partial charge >= 0.3 is 17.1 Å². The third-order valence-corrected chi connectivity index (χ3v) is 9.91. The normalized spacial score (nSPS) is 12.5. The van der Waals surface area contributed by atoms with Gasteiger partial charge in [0, 0.05) is 35.1 Å². The fraction of sp³-hybridized carbons (Fsp3) is 0.261. The van der Waals surface area contributed by atoms with Crippen LogP contribution >= 0.6 is 0 Å². The number of anilines is 4. The molecule has 1 aliphatic rings. The molecule has 0 unspecified atom stereocenters. The molecule has 2 aromatic heterocycles. The summed E-state index contributed by atoms with van der Waals surface area (Å²) in [6.07, 6.45) is 4.96. The molecule has 53 heavy (non-hydrogen) atoms. The fourth-order valence-electron chi connectivity index (χ4n) is 7.27. The quantitative estimate of drug-likeness (QED) is 0.119. The van der Waals surface area contributed by atoms with Crippen LogP contribution in [0, 0.1) is 6.67 Å². The number of para-hydroxylation sites is 4. The van der Waals surface area contributed by atoms with Gasteiger partial charge in [0.15, 0.2) is 0 Å². The average Bonchev–Trinajstić information content (AvgIpc) is 3.77. The average molecular weight is 748 g/mol. The molecule has 0 spiro atoms. The van der Waals surface area contributed by atoms with Crippen LogP contribution in [0.3, 0.4) is 0 Å². The van der Waals surface area contributed by atoms with Crippen molar-refractivity contribution in [3.63, 3.8) is 0 Å². The van der Waals surface area contributed by atoms with Crippen molar-refractivity contribution in [2.24, 2.45) is 0 Å². The summed E-state index contributed by atoms with van der Waals surface area (Å²) in [5, 5.41) is 2.28. The summed E-state index contributed by atoms with van der Waals surface area (Å²) in [6, 6.07) is 34.7. The van der Waals surface area contributed by atoms with Gasteiger partial charge in [-0.25, -0.2) is 0 Å². The standard InChI is InChI=1S/C31H39N2.C15H9N4.Cu/c1-20(2)24-13-11-14-25(21(3)4)30(24)32-19-33(29-18-10-9-17-28(29)32)31-26(22(5)6)15-12-16-27(31)23(7)8;1-2-4-11-10(3-1)5-6-12-14(11)19-15(18-12)13-9-16-7-8-17-13;/h9-23H,1-8H3;1-9H;/q2*-1;+2. The minimum Gasteiger partial charge on any atom is -0.473 e. The third kappa shape index (κ3) is 7.33. The zero-order valence-corrected chi connectivity index (χ0v) is 32.8. The molecule has 0 aliphatic carbocycles. The third-order valence-electron chi connectivity index (χ3n) is 9.91. The summed E-state index contributed by atoms with van der Waals surface area (Å²) < 4.78 is 0. The van der Waals surface area contributed by atoms with Gasteiger partial charge < -0.3 is 19.8 Å². The minimum absolute atomic E-state index is 0. The van der Waals surface area contributed by atoms with Crippen molar-refractivity contribution in [3.05, 3.63) is 145 Å². The first kappa shape index (κ1) is 37.8. The van der Waals surface area contributed by atoms with E-state index in [0.29, 0.717) is 35.2 Å². The van der Waals surface area contributed by atoms with Crippen molar-refractivity contribution in [1.82, 2.24) is 19.9 Å². The van der Waals surface area contributed by atoms with Crippen LogP contribution in [-0.4, -0.2) is 15.0 Å². The van der Waals surface area contributed by atoms with Gasteiger partial charge in [-0.2, -0.15) is 0 Å². The summed E-state index contributed by atoms with van der Waals surface area (Å²) in [7, 11) is 0. The SMILES string of the molecule is CC(C)c1cccc(C(C)C)c1N1[CH-]N(c2c(C(C)C)cccc2C(C)C)c2ccccc21.[Cu+2].c1ccc2c(c1)ccc1[n-]c(-c3cnccn3)nc12. The van der Waals surface area contributed by atoms with Crippen molar-refractivity contribution < 1.29 is 17.1 Å². The Morgan fingerprint density at radius 1 is 0.566 bits per heavy atom. The van der Waals surface area contributed by atoms with Crippen LogP contribution in [0.2, 0.25) is 0 Å². The van der Waals surface area contributed by atoms with Crippen LogP contribution in [0.15, 0.2) is 116 Å². The van der Waals surface area contributed by atoms with Crippen LogP contribution in [0.1, 0.15) is 101 Å². The number of benzene rings is 5. The molecule has 6 nitrogen and oxygen atoms in total. The van der Waals surface area contributed by atoms with E-state index in [9.17, 15) is 0 Å². The molecule has 0 amide bonds. The second kappa shape index (κ2) is 16.0. The molecule has 0 saturated heterocycles. The first-order valence-corrected chi connectivity index (χ1v) is 18.5. The number of nitrogens with zero attached hydrogens (tertiary/aromatic N) is 6.